The highest BCUT2D eigenvalue weighted by Gasteiger charge is 2.54. The molecule has 0 bridgehead atoms. The lowest BCUT2D eigenvalue weighted by molar-refractivity contribution is -0.143. The number of benzene rings is 1. The normalized spacial score (nSPS) is 20.3. The van der Waals surface area contributed by atoms with Crippen molar-refractivity contribution in [2.45, 2.75) is 51.3 Å². The average molecular weight is 418 g/mol. The van der Waals surface area contributed by atoms with Crippen LogP contribution in [0.2, 0.25) is 0 Å². The lowest BCUT2D eigenvalue weighted by Crippen LogP contribution is -2.59. The number of rotatable bonds is 6. The third-order valence-corrected chi connectivity index (χ3v) is 5.87. The van der Waals surface area contributed by atoms with Gasteiger partial charge in [0, 0.05) is 44.5 Å². The maximum absolute atomic E-state index is 13.5. The first-order chi connectivity index (χ1) is 14.5. The van der Waals surface area contributed by atoms with Crippen LogP contribution in [0.5, 0.6) is 5.75 Å². The van der Waals surface area contributed by atoms with Gasteiger partial charge in [-0.25, -0.2) is 0 Å². The molecule has 1 N–H and O–H groups in total. The first kappa shape index (κ1) is 22.1. The van der Waals surface area contributed by atoms with Crippen molar-refractivity contribution in [1.29, 1.82) is 0 Å². The van der Waals surface area contributed by atoms with E-state index in [-0.39, 0.29) is 24.3 Å². The van der Waals surface area contributed by atoms with E-state index >= 15 is 0 Å². The maximum atomic E-state index is 13.5. The summed E-state index contributed by atoms with van der Waals surface area (Å²) in [5, 5.41) is 2.89. The van der Waals surface area contributed by atoms with E-state index in [1.165, 1.54) is 0 Å². The van der Waals surface area contributed by atoms with Gasteiger partial charge in [0.2, 0.25) is 11.8 Å². The van der Waals surface area contributed by atoms with Gasteiger partial charge >= 0.3 is 0 Å². The number of piperidine rings is 1. The molecular formula is C22H31N3O5. The zero-order valence-electron chi connectivity index (χ0n) is 18.0. The van der Waals surface area contributed by atoms with Crippen LogP contribution < -0.4 is 10.1 Å². The van der Waals surface area contributed by atoms with Gasteiger partial charge < -0.3 is 19.7 Å². The first-order valence-corrected chi connectivity index (χ1v) is 10.6. The fourth-order valence-electron chi connectivity index (χ4n) is 4.13. The number of likely N-dealkylation sites (tertiary alicyclic amines) is 1. The first-order valence-electron chi connectivity index (χ1n) is 10.6. The third kappa shape index (κ3) is 4.28. The second-order valence-corrected chi connectivity index (χ2v) is 7.70. The fraction of sp³-hybridized carbons (Fsp3) is 0.591. The summed E-state index contributed by atoms with van der Waals surface area (Å²) in [6, 6.07) is 6.16. The maximum Gasteiger partial charge on any atom is 0.256 e. The van der Waals surface area contributed by atoms with E-state index in [0.29, 0.717) is 50.2 Å². The van der Waals surface area contributed by atoms with Crippen molar-refractivity contribution < 1.29 is 23.9 Å². The van der Waals surface area contributed by atoms with E-state index in [1.54, 1.807) is 41.2 Å². The van der Waals surface area contributed by atoms with Crippen molar-refractivity contribution in [3.05, 3.63) is 29.8 Å². The minimum Gasteiger partial charge on any atom is -0.497 e. The summed E-state index contributed by atoms with van der Waals surface area (Å²) in [4.78, 5) is 41.8. The van der Waals surface area contributed by atoms with E-state index in [0.717, 1.165) is 6.42 Å². The highest BCUT2D eigenvalue weighted by atomic mass is 16.5. The highest BCUT2D eigenvalue weighted by molar-refractivity contribution is 5.98. The number of nitrogens with one attached hydrogen (secondary N) is 1. The Morgan fingerprint density at radius 2 is 1.83 bits per heavy atom. The van der Waals surface area contributed by atoms with Crippen molar-refractivity contribution in [2.75, 3.05) is 33.4 Å². The molecule has 0 aliphatic carbocycles. The molecule has 0 radical (unpaired) electrons. The zero-order chi connectivity index (χ0) is 21.7. The standard InChI is InChI=1S/C22H31N3O5/c1-4-12-23-20(27)18-15-30-22(10-13-24(14-11-22)19(26)5-2)25(18)21(28)16-6-8-17(29-3)9-7-16/h6-9,18H,4-5,10-15H2,1-3H3,(H,23,27)/t18-/m0/s1. The molecule has 0 saturated carbocycles. The summed E-state index contributed by atoms with van der Waals surface area (Å²) >= 11 is 0. The Kier molecular flexibility index (Phi) is 6.97. The summed E-state index contributed by atoms with van der Waals surface area (Å²) in [7, 11) is 1.57. The van der Waals surface area contributed by atoms with Crippen LogP contribution in [-0.4, -0.2) is 72.6 Å². The molecule has 2 heterocycles. The number of methoxy groups -OCH3 is 1. The molecule has 0 aromatic heterocycles. The molecule has 1 atom stereocenters. The molecule has 1 aromatic rings. The summed E-state index contributed by atoms with van der Waals surface area (Å²) in [5.41, 5.74) is -0.406. The lowest BCUT2D eigenvalue weighted by Gasteiger charge is -2.44. The van der Waals surface area contributed by atoms with Crippen molar-refractivity contribution in [3.8, 4) is 5.75 Å². The van der Waals surface area contributed by atoms with Crippen molar-refractivity contribution in [2.24, 2.45) is 0 Å². The number of nitrogens with zero attached hydrogens (tertiary/aromatic N) is 2. The Bertz CT molecular complexity index is 771. The molecule has 164 valence electrons. The van der Waals surface area contributed by atoms with Crippen LogP contribution in [0.25, 0.3) is 0 Å². The monoisotopic (exact) mass is 417 g/mol. The minimum atomic E-state index is -0.879. The van der Waals surface area contributed by atoms with Gasteiger partial charge in [0.25, 0.3) is 5.91 Å². The quantitative estimate of drug-likeness (QED) is 0.762. The molecule has 1 aromatic carbocycles. The van der Waals surface area contributed by atoms with Gasteiger partial charge in [-0.15, -0.1) is 0 Å². The smallest absolute Gasteiger partial charge is 0.256 e. The average Bonchev–Trinajstić information content (AvgIpc) is 3.15. The summed E-state index contributed by atoms with van der Waals surface area (Å²) < 4.78 is 11.3. The van der Waals surface area contributed by atoms with Gasteiger partial charge in [0.15, 0.2) is 0 Å². The van der Waals surface area contributed by atoms with Crippen LogP contribution in [0, 0.1) is 0 Å². The van der Waals surface area contributed by atoms with Gasteiger partial charge in [-0.2, -0.15) is 0 Å². The van der Waals surface area contributed by atoms with E-state index < -0.39 is 11.8 Å². The molecule has 2 fully saturated rings. The summed E-state index contributed by atoms with van der Waals surface area (Å²) in [6.07, 6.45) is 2.23. The van der Waals surface area contributed by atoms with E-state index in [2.05, 4.69) is 5.32 Å². The van der Waals surface area contributed by atoms with Gasteiger partial charge in [-0.3, -0.25) is 19.3 Å². The van der Waals surface area contributed by atoms with E-state index in [4.69, 9.17) is 9.47 Å². The molecule has 2 aliphatic heterocycles. The Morgan fingerprint density at radius 1 is 1.17 bits per heavy atom. The predicted octanol–water partition coefficient (Wildman–Crippen LogP) is 1.79. The Labute approximate surface area is 177 Å². The molecule has 3 amide bonds. The summed E-state index contributed by atoms with van der Waals surface area (Å²) in [5.74, 6) is 0.292. The largest absolute Gasteiger partial charge is 0.497 e. The molecule has 2 aliphatic rings. The molecule has 3 rings (SSSR count). The van der Waals surface area contributed by atoms with Crippen LogP contribution in [0.3, 0.4) is 0 Å². The number of carbonyl (C=O) groups is 3. The SMILES string of the molecule is CCCNC(=O)[C@@H]1COC2(CCN(C(=O)CC)CC2)N1C(=O)c1ccc(OC)cc1. The molecule has 2 saturated heterocycles. The number of carbonyl (C=O) groups excluding carboxylic acids is 3. The van der Waals surface area contributed by atoms with Crippen LogP contribution in [0.1, 0.15) is 49.9 Å². The molecule has 0 unspecified atom stereocenters. The van der Waals surface area contributed by atoms with Crippen LogP contribution in [-0.2, 0) is 14.3 Å². The molecule has 8 heteroatoms. The van der Waals surface area contributed by atoms with Gasteiger partial charge in [-0.1, -0.05) is 13.8 Å². The van der Waals surface area contributed by atoms with Crippen LogP contribution in [0.15, 0.2) is 24.3 Å². The number of ether oxygens (including phenoxy) is 2. The number of hydrogen-bond donors (Lipinski definition) is 1. The van der Waals surface area contributed by atoms with Crippen molar-refractivity contribution >= 4 is 17.7 Å². The second kappa shape index (κ2) is 9.47. The molecular weight excluding hydrogens is 386 g/mol. The third-order valence-electron chi connectivity index (χ3n) is 5.87. The number of hydrogen-bond acceptors (Lipinski definition) is 5. The van der Waals surface area contributed by atoms with Gasteiger partial charge in [0.1, 0.15) is 17.5 Å². The summed E-state index contributed by atoms with van der Waals surface area (Å²) in [6.45, 7) is 5.52. The van der Waals surface area contributed by atoms with Crippen LogP contribution in [0.4, 0.5) is 0 Å². The minimum absolute atomic E-state index is 0.0908. The zero-order valence-corrected chi connectivity index (χ0v) is 18.0. The lowest BCUT2D eigenvalue weighted by atomic mass is 9.96. The van der Waals surface area contributed by atoms with Gasteiger partial charge in [0.05, 0.1) is 13.7 Å². The Morgan fingerprint density at radius 3 is 2.40 bits per heavy atom. The molecule has 8 nitrogen and oxygen atoms in total. The second-order valence-electron chi connectivity index (χ2n) is 7.70. The van der Waals surface area contributed by atoms with Crippen LogP contribution >= 0.6 is 0 Å². The van der Waals surface area contributed by atoms with Crippen molar-refractivity contribution in [1.82, 2.24) is 15.1 Å². The Hall–Kier alpha value is -2.61. The Balaban J connectivity index is 1.87. The van der Waals surface area contributed by atoms with Gasteiger partial charge in [-0.05, 0) is 30.7 Å². The molecule has 1 spiro atoms. The number of amides is 3. The fourth-order valence-corrected chi connectivity index (χ4v) is 4.13. The van der Waals surface area contributed by atoms with E-state index in [9.17, 15) is 14.4 Å². The highest BCUT2D eigenvalue weighted by Crippen LogP contribution is 2.38. The topological polar surface area (TPSA) is 88.2 Å². The predicted molar refractivity (Wildman–Crippen MR) is 111 cm³/mol. The van der Waals surface area contributed by atoms with E-state index in [1.807, 2.05) is 13.8 Å². The molecule has 30 heavy (non-hydrogen) atoms. The van der Waals surface area contributed by atoms with Crippen molar-refractivity contribution in [3.63, 3.8) is 0 Å².